The molecule has 3 rings (SSSR count). The highest BCUT2D eigenvalue weighted by atomic mass is 35.5. The van der Waals surface area contributed by atoms with Crippen LogP contribution in [0.2, 0.25) is 5.02 Å². The Kier molecular flexibility index (Phi) is 4.61. The molecule has 26 heavy (non-hydrogen) atoms. The van der Waals surface area contributed by atoms with E-state index < -0.39 is 18.0 Å². The lowest BCUT2D eigenvalue weighted by Crippen LogP contribution is -2.09. The summed E-state index contributed by atoms with van der Waals surface area (Å²) in [4.78, 5) is 10.7. The van der Waals surface area contributed by atoms with Crippen LogP contribution in [0.5, 0.6) is 0 Å². The van der Waals surface area contributed by atoms with Gasteiger partial charge >= 0.3 is 6.18 Å². The summed E-state index contributed by atoms with van der Waals surface area (Å²) in [6, 6.07) is 5.91. The van der Waals surface area contributed by atoms with E-state index in [1.165, 1.54) is 12.3 Å². The van der Waals surface area contributed by atoms with Crippen molar-refractivity contribution in [2.24, 2.45) is 5.73 Å². The van der Waals surface area contributed by atoms with Crippen molar-refractivity contribution in [3.63, 3.8) is 0 Å². The Balaban J connectivity index is 2.19. The van der Waals surface area contributed by atoms with Gasteiger partial charge in [0.05, 0.1) is 22.6 Å². The number of rotatable bonds is 3. The lowest BCUT2D eigenvalue weighted by Gasteiger charge is -2.12. The zero-order chi connectivity index (χ0) is 19.1. The zero-order valence-corrected chi connectivity index (χ0v) is 13.8. The van der Waals surface area contributed by atoms with E-state index in [9.17, 15) is 18.3 Å². The molecule has 6 nitrogen and oxygen atoms in total. The Hall–Kier alpha value is -2.62. The van der Waals surface area contributed by atoms with E-state index in [4.69, 9.17) is 23.1 Å². The molecule has 1 aromatic carbocycles. The van der Waals surface area contributed by atoms with Crippen LogP contribution < -0.4 is 11.5 Å². The Morgan fingerprint density at radius 1 is 1.19 bits per heavy atom. The van der Waals surface area contributed by atoms with Crippen LogP contribution in [0.4, 0.5) is 19.1 Å². The smallest absolute Gasteiger partial charge is 0.374 e. The van der Waals surface area contributed by atoms with E-state index in [-0.39, 0.29) is 27.8 Å². The second-order valence-electron chi connectivity index (χ2n) is 5.45. The summed E-state index contributed by atoms with van der Waals surface area (Å²) < 4.78 is 39.1. The minimum absolute atomic E-state index is 0.0191. The molecule has 1 atom stereocenters. The van der Waals surface area contributed by atoms with Gasteiger partial charge in [0.25, 0.3) is 0 Å². The second kappa shape index (κ2) is 6.60. The van der Waals surface area contributed by atoms with Gasteiger partial charge in [0.15, 0.2) is 0 Å². The summed E-state index contributed by atoms with van der Waals surface area (Å²) in [5, 5.41) is 9.90. The van der Waals surface area contributed by atoms with Gasteiger partial charge in [0, 0.05) is 22.3 Å². The molecule has 6 N–H and O–H groups in total. The first-order chi connectivity index (χ1) is 12.2. The van der Waals surface area contributed by atoms with Gasteiger partial charge in [0.2, 0.25) is 5.95 Å². The predicted molar refractivity (Wildman–Crippen MR) is 90.8 cm³/mol. The molecule has 0 saturated heterocycles. The minimum Gasteiger partial charge on any atom is -0.374 e. The van der Waals surface area contributed by atoms with Crippen LogP contribution >= 0.6 is 11.6 Å². The Bertz CT molecular complexity index is 955. The van der Waals surface area contributed by atoms with E-state index in [1.54, 1.807) is 6.07 Å². The summed E-state index contributed by atoms with van der Waals surface area (Å²) in [5.41, 5.74) is 11.4. The summed E-state index contributed by atoms with van der Waals surface area (Å²) in [6.07, 6.45) is -4.56. The fourth-order valence-corrected chi connectivity index (χ4v) is 2.69. The number of nitrogen functional groups attached to an aromatic ring is 1. The Morgan fingerprint density at radius 2 is 1.92 bits per heavy atom. The highest BCUT2D eigenvalue weighted by Gasteiger charge is 2.31. The second-order valence-corrected chi connectivity index (χ2v) is 5.86. The van der Waals surface area contributed by atoms with Crippen LogP contribution in [0.1, 0.15) is 17.4 Å². The summed E-state index contributed by atoms with van der Waals surface area (Å²) >= 11 is 6.08. The fraction of sp³-hybridized carbons (Fsp3) is 0.125. The topological polar surface area (TPSA) is 114 Å². The maximum atomic E-state index is 13.0. The number of hydrogen-bond acceptors (Lipinski definition) is 5. The molecule has 0 fully saturated rings. The molecule has 0 aliphatic rings. The van der Waals surface area contributed by atoms with Crippen molar-refractivity contribution in [3.8, 4) is 22.6 Å². The molecule has 2 heterocycles. The largest absolute Gasteiger partial charge is 0.416 e. The van der Waals surface area contributed by atoms with Crippen molar-refractivity contribution in [3.05, 3.63) is 52.7 Å². The summed E-state index contributed by atoms with van der Waals surface area (Å²) in [5.74, 6) is 0.0191. The van der Waals surface area contributed by atoms with Crippen LogP contribution in [0.25, 0.3) is 22.6 Å². The van der Waals surface area contributed by atoms with E-state index in [1.807, 2.05) is 0 Å². The average molecular weight is 384 g/mol. The highest BCUT2D eigenvalue weighted by Crippen LogP contribution is 2.38. The molecule has 10 heteroatoms. The first-order valence-electron chi connectivity index (χ1n) is 7.29. The lowest BCUT2D eigenvalue weighted by molar-refractivity contribution is -0.137. The van der Waals surface area contributed by atoms with Crippen molar-refractivity contribution in [2.45, 2.75) is 12.4 Å². The molecule has 0 aliphatic heterocycles. The fourth-order valence-electron chi connectivity index (χ4n) is 2.48. The van der Waals surface area contributed by atoms with Crippen molar-refractivity contribution in [2.75, 3.05) is 5.73 Å². The molecule has 0 saturated carbocycles. The van der Waals surface area contributed by atoms with Crippen LogP contribution in [-0.2, 0) is 6.18 Å². The third-order valence-corrected chi connectivity index (χ3v) is 4.01. The number of aromatic nitrogens is 3. The number of hydrogen-bond donors (Lipinski definition) is 4. The number of nitrogens with zero attached hydrogens (tertiary/aromatic N) is 2. The van der Waals surface area contributed by atoms with Gasteiger partial charge in [-0.05, 0) is 30.3 Å². The zero-order valence-electron chi connectivity index (χ0n) is 13.0. The number of aromatic amines is 1. The number of aliphatic hydroxyl groups excluding tert-OH is 1. The first kappa shape index (κ1) is 18.2. The maximum Gasteiger partial charge on any atom is 0.416 e. The van der Waals surface area contributed by atoms with Crippen LogP contribution in [-0.4, -0.2) is 20.1 Å². The molecule has 136 valence electrons. The molecule has 0 bridgehead atoms. The molecule has 1 unspecified atom stereocenters. The number of nitrogens with two attached hydrogens (primary N) is 2. The van der Waals surface area contributed by atoms with Crippen molar-refractivity contribution in [1.29, 1.82) is 0 Å². The normalized spacial score (nSPS) is 13.0. The molecule has 3 aromatic rings. The number of halogens is 4. The van der Waals surface area contributed by atoms with E-state index >= 15 is 0 Å². The number of anilines is 1. The molecule has 2 aromatic heterocycles. The van der Waals surface area contributed by atoms with Gasteiger partial charge in [-0.2, -0.15) is 13.2 Å². The predicted octanol–water partition coefficient (Wildman–Crippen LogP) is 3.34. The highest BCUT2D eigenvalue weighted by molar-refractivity contribution is 6.33. The monoisotopic (exact) mass is 383 g/mol. The average Bonchev–Trinajstić information content (AvgIpc) is 2.99. The number of benzene rings is 1. The Morgan fingerprint density at radius 3 is 2.54 bits per heavy atom. The molecular weight excluding hydrogens is 371 g/mol. The van der Waals surface area contributed by atoms with Crippen molar-refractivity contribution in [1.82, 2.24) is 15.0 Å². The maximum absolute atomic E-state index is 13.0. The van der Waals surface area contributed by atoms with Crippen LogP contribution in [0.15, 0.2) is 36.5 Å². The SMILES string of the molecule is Nc1nccc(-c2cc(C(N)O)c(-c3cc(C(F)(F)F)ccc3Cl)[nH]2)n1. The molecule has 0 spiro atoms. The molecule has 0 radical (unpaired) electrons. The van der Waals surface area contributed by atoms with Gasteiger partial charge in [-0.25, -0.2) is 9.97 Å². The van der Waals surface area contributed by atoms with E-state index in [0.717, 1.165) is 18.2 Å². The van der Waals surface area contributed by atoms with Crippen LogP contribution in [0, 0.1) is 0 Å². The lowest BCUT2D eigenvalue weighted by atomic mass is 10.0. The number of aliphatic hydroxyl groups is 1. The standard InChI is InChI=1S/C16H13ClF3N5O/c17-10-2-1-7(16(18,19)20)5-8(10)13-9(14(21)26)6-12(24-13)11-3-4-23-15(22)25-11/h1-6,14,24,26H,21H2,(H2,22,23,25). The third kappa shape index (κ3) is 3.50. The van der Waals surface area contributed by atoms with Crippen molar-refractivity contribution >= 4 is 17.5 Å². The van der Waals surface area contributed by atoms with Crippen LogP contribution in [0.3, 0.4) is 0 Å². The van der Waals surface area contributed by atoms with E-state index in [2.05, 4.69) is 15.0 Å². The quantitative estimate of drug-likeness (QED) is 0.518. The van der Waals surface area contributed by atoms with Gasteiger partial charge < -0.3 is 21.6 Å². The minimum atomic E-state index is -4.54. The Labute approximate surface area is 150 Å². The number of nitrogens with one attached hydrogen (secondary N) is 1. The van der Waals surface area contributed by atoms with Gasteiger partial charge in [-0.1, -0.05) is 11.6 Å². The number of H-pyrrole nitrogens is 1. The molecular formula is C16H13ClF3N5O. The number of alkyl halides is 3. The molecule has 0 amide bonds. The van der Waals surface area contributed by atoms with Gasteiger partial charge in [-0.3, -0.25) is 0 Å². The summed E-state index contributed by atoms with van der Waals surface area (Å²) in [6.45, 7) is 0. The van der Waals surface area contributed by atoms with Gasteiger partial charge in [0.1, 0.15) is 6.23 Å². The van der Waals surface area contributed by atoms with E-state index in [0.29, 0.717) is 11.4 Å². The van der Waals surface area contributed by atoms with Gasteiger partial charge in [-0.15, -0.1) is 0 Å². The molecule has 0 aliphatic carbocycles. The summed E-state index contributed by atoms with van der Waals surface area (Å²) in [7, 11) is 0. The van der Waals surface area contributed by atoms with Crippen molar-refractivity contribution < 1.29 is 18.3 Å². The third-order valence-electron chi connectivity index (χ3n) is 3.68. The first-order valence-corrected chi connectivity index (χ1v) is 7.67.